The predicted molar refractivity (Wildman–Crippen MR) is 70.5 cm³/mol. The summed E-state index contributed by atoms with van der Waals surface area (Å²) in [6.07, 6.45) is 3.61. The minimum atomic E-state index is -1.16. The number of rotatable bonds is 5. The summed E-state index contributed by atoms with van der Waals surface area (Å²) in [5, 5.41) is 15.6. The van der Waals surface area contributed by atoms with Crippen LogP contribution in [-0.2, 0) is 6.54 Å². The predicted octanol–water partition coefficient (Wildman–Crippen LogP) is 0.715. The van der Waals surface area contributed by atoms with E-state index in [9.17, 15) is 9.59 Å². The molecule has 20 heavy (non-hydrogen) atoms. The van der Waals surface area contributed by atoms with Gasteiger partial charge in [0.2, 0.25) is 0 Å². The van der Waals surface area contributed by atoms with E-state index in [2.05, 4.69) is 15.4 Å². The van der Waals surface area contributed by atoms with Crippen molar-refractivity contribution in [1.29, 1.82) is 0 Å². The molecule has 2 aromatic heterocycles. The third-order valence-electron chi connectivity index (χ3n) is 2.59. The monoisotopic (exact) mass is 274 g/mol. The highest BCUT2D eigenvalue weighted by molar-refractivity contribution is 5.94. The molecule has 0 saturated carbocycles. The molecule has 7 nitrogen and oxygen atoms in total. The molecule has 2 aromatic rings. The first-order valence-electron chi connectivity index (χ1n) is 6.04. The van der Waals surface area contributed by atoms with Crippen LogP contribution in [-0.4, -0.2) is 38.3 Å². The molecule has 0 aliphatic heterocycles. The second-order valence-corrected chi connectivity index (χ2v) is 4.25. The number of nitrogens with one attached hydrogen (secondary N) is 1. The number of amides is 1. The molecule has 0 atom stereocenters. The molecule has 0 fully saturated rings. The van der Waals surface area contributed by atoms with Crippen molar-refractivity contribution in [3.63, 3.8) is 0 Å². The smallest absolute Gasteiger partial charge is 0.354 e. The lowest BCUT2D eigenvalue weighted by atomic mass is 10.3. The average Bonchev–Trinajstić information content (AvgIpc) is 2.84. The van der Waals surface area contributed by atoms with E-state index in [1.54, 1.807) is 10.9 Å². The summed E-state index contributed by atoms with van der Waals surface area (Å²) in [6, 6.07) is 4.30. The van der Waals surface area contributed by atoms with Crippen LogP contribution in [0.2, 0.25) is 0 Å². The summed E-state index contributed by atoms with van der Waals surface area (Å²) in [7, 11) is 0. The number of aromatic nitrogens is 3. The largest absolute Gasteiger partial charge is 0.477 e. The molecule has 0 bridgehead atoms. The third kappa shape index (κ3) is 3.41. The van der Waals surface area contributed by atoms with E-state index in [0.29, 0.717) is 13.1 Å². The van der Waals surface area contributed by atoms with Crippen LogP contribution >= 0.6 is 0 Å². The molecule has 0 aliphatic carbocycles. The van der Waals surface area contributed by atoms with E-state index in [1.807, 2.05) is 13.1 Å². The molecule has 0 saturated heterocycles. The van der Waals surface area contributed by atoms with Gasteiger partial charge in [0.15, 0.2) is 0 Å². The Labute approximate surface area is 115 Å². The molecule has 7 heteroatoms. The van der Waals surface area contributed by atoms with Gasteiger partial charge in [0, 0.05) is 12.7 Å². The molecule has 2 N–H and O–H groups in total. The zero-order valence-electron chi connectivity index (χ0n) is 10.9. The van der Waals surface area contributed by atoms with Crippen LogP contribution in [0.3, 0.4) is 0 Å². The molecular weight excluding hydrogens is 260 g/mol. The Bertz CT molecular complexity index is 636. The summed E-state index contributed by atoms with van der Waals surface area (Å²) < 4.78 is 1.72. The van der Waals surface area contributed by atoms with Crippen molar-refractivity contribution < 1.29 is 14.7 Å². The Balaban J connectivity index is 1.91. The molecule has 0 aliphatic rings. The topological polar surface area (TPSA) is 97.1 Å². The fourth-order valence-corrected chi connectivity index (χ4v) is 1.64. The van der Waals surface area contributed by atoms with Crippen LogP contribution in [0.15, 0.2) is 30.6 Å². The number of aromatic carboxylic acids is 1. The zero-order chi connectivity index (χ0) is 14.5. The van der Waals surface area contributed by atoms with Gasteiger partial charge in [-0.1, -0.05) is 6.07 Å². The van der Waals surface area contributed by atoms with Crippen molar-refractivity contribution in [2.24, 2.45) is 0 Å². The quantitative estimate of drug-likeness (QED) is 0.837. The van der Waals surface area contributed by atoms with Crippen molar-refractivity contribution in [2.45, 2.75) is 13.5 Å². The SMILES string of the molecule is Cc1cnn(CCNC(=O)c2cccc(C(=O)O)n2)c1. The number of carbonyl (C=O) groups excluding carboxylic acids is 1. The van der Waals surface area contributed by atoms with Crippen molar-refractivity contribution in [1.82, 2.24) is 20.1 Å². The zero-order valence-corrected chi connectivity index (χ0v) is 10.9. The summed E-state index contributed by atoms with van der Waals surface area (Å²) in [6.45, 7) is 2.86. The normalized spacial score (nSPS) is 10.2. The summed E-state index contributed by atoms with van der Waals surface area (Å²) in [4.78, 5) is 26.4. The highest BCUT2D eigenvalue weighted by atomic mass is 16.4. The minimum Gasteiger partial charge on any atom is -0.477 e. The first-order valence-corrected chi connectivity index (χ1v) is 6.04. The number of nitrogens with zero attached hydrogens (tertiary/aromatic N) is 3. The lowest BCUT2D eigenvalue weighted by Crippen LogP contribution is -2.28. The van der Waals surface area contributed by atoms with Gasteiger partial charge in [0.1, 0.15) is 11.4 Å². The number of hydrogen-bond acceptors (Lipinski definition) is 4. The number of aryl methyl sites for hydroxylation is 1. The van der Waals surface area contributed by atoms with E-state index in [4.69, 9.17) is 5.11 Å². The maximum atomic E-state index is 11.8. The van der Waals surface area contributed by atoms with E-state index < -0.39 is 11.9 Å². The Morgan fingerprint density at radius 1 is 1.35 bits per heavy atom. The average molecular weight is 274 g/mol. The Morgan fingerprint density at radius 2 is 2.10 bits per heavy atom. The number of pyridine rings is 1. The number of carboxylic acid groups (broad SMARTS) is 1. The van der Waals surface area contributed by atoms with Gasteiger partial charge >= 0.3 is 5.97 Å². The highest BCUT2D eigenvalue weighted by Gasteiger charge is 2.10. The number of carbonyl (C=O) groups is 2. The van der Waals surface area contributed by atoms with E-state index in [1.165, 1.54) is 18.2 Å². The first-order chi connectivity index (χ1) is 9.56. The Kier molecular flexibility index (Phi) is 4.09. The van der Waals surface area contributed by atoms with Crippen LogP contribution < -0.4 is 5.32 Å². The molecule has 0 spiro atoms. The molecule has 104 valence electrons. The maximum absolute atomic E-state index is 11.8. The van der Waals surface area contributed by atoms with Gasteiger partial charge in [-0.05, 0) is 24.6 Å². The molecule has 2 heterocycles. The van der Waals surface area contributed by atoms with Gasteiger partial charge in [-0.25, -0.2) is 9.78 Å². The summed E-state index contributed by atoms with van der Waals surface area (Å²) in [5.41, 5.74) is 0.981. The van der Waals surface area contributed by atoms with Crippen molar-refractivity contribution in [2.75, 3.05) is 6.54 Å². The highest BCUT2D eigenvalue weighted by Crippen LogP contribution is 2.00. The Morgan fingerprint density at radius 3 is 2.75 bits per heavy atom. The number of carboxylic acids is 1. The van der Waals surface area contributed by atoms with Crippen LogP contribution in [0.25, 0.3) is 0 Å². The van der Waals surface area contributed by atoms with Crippen LogP contribution in [0.1, 0.15) is 26.5 Å². The standard InChI is InChI=1S/C13H14N4O3/c1-9-7-15-17(8-9)6-5-14-12(18)10-3-2-4-11(16-10)13(19)20/h2-4,7-8H,5-6H2,1H3,(H,14,18)(H,19,20). The molecule has 0 radical (unpaired) electrons. The van der Waals surface area contributed by atoms with Gasteiger partial charge in [-0.2, -0.15) is 5.10 Å². The minimum absolute atomic E-state index is 0.0848. The molecule has 0 aromatic carbocycles. The fraction of sp³-hybridized carbons (Fsp3) is 0.231. The van der Waals surface area contributed by atoms with Gasteiger partial charge in [0.05, 0.1) is 12.7 Å². The number of hydrogen-bond donors (Lipinski definition) is 2. The van der Waals surface area contributed by atoms with E-state index in [-0.39, 0.29) is 11.4 Å². The summed E-state index contributed by atoms with van der Waals surface area (Å²) >= 11 is 0. The van der Waals surface area contributed by atoms with Crippen LogP contribution in [0, 0.1) is 6.92 Å². The second-order valence-electron chi connectivity index (χ2n) is 4.25. The molecule has 0 unspecified atom stereocenters. The van der Waals surface area contributed by atoms with Gasteiger partial charge < -0.3 is 10.4 Å². The van der Waals surface area contributed by atoms with E-state index >= 15 is 0 Å². The van der Waals surface area contributed by atoms with E-state index in [0.717, 1.165) is 5.56 Å². The van der Waals surface area contributed by atoms with Gasteiger partial charge in [-0.3, -0.25) is 9.48 Å². The van der Waals surface area contributed by atoms with Crippen molar-refractivity contribution in [3.05, 3.63) is 47.5 Å². The van der Waals surface area contributed by atoms with Crippen molar-refractivity contribution in [3.8, 4) is 0 Å². The fourth-order valence-electron chi connectivity index (χ4n) is 1.64. The third-order valence-corrected chi connectivity index (χ3v) is 2.59. The molecule has 2 rings (SSSR count). The van der Waals surface area contributed by atoms with Crippen LogP contribution in [0.4, 0.5) is 0 Å². The lowest BCUT2D eigenvalue weighted by molar-refractivity contribution is 0.0690. The summed E-state index contributed by atoms with van der Waals surface area (Å²) in [5.74, 6) is -1.57. The lowest BCUT2D eigenvalue weighted by Gasteiger charge is -2.05. The van der Waals surface area contributed by atoms with Gasteiger partial charge in [-0.15, -0.1) is 0 Å². The van der Waals surface area contributed by atoms with Crippen LogP contribution in [0.5, 0.6) is 0 Å². The maximum Gasteiger partial charge on any atom is 0.354 e. The Hall–Kier alpha value is -2.70. The van der Waals surface area contributed by atoms with Crippen molar-refractivity contribution >= 4 is 11.9 Å². The second kappa shape index (κ2) is 5.96. The molecule has 1 amide bonds. The van der Waals surface area contributed by atoms with Gasteiger partial charge in [0.25, 0.3) is 5.91 Å². The first kappa shape index (κ1) is 13.7. The molecular formula is C13H14N4O3.